The highest BCUT2D eigenvalue weighted by Crippen LogP contribution is 2.22. The number of aromatic nitrogens is 2. The molecule has 0 spiro atoms. The Morgan fingerprint density at radius 1 is 1.40 bits per heavy atom. The van der Waals surface area contributed by atoms with Crippen LogP contribution in [0.15, 0.2) is 24.5 Å². The average molecular weight is 272 g/mol. The van der Waals surface area contributed by atoms with Gasteiger partial charge in [-0.05, 0) is 50.6 Å². The zero-order valence-electron chi connectivity index (χ0n) is 12.3. The molecule has 0 aliphatic carbocycles. The third kappa shape index (κ3) is 2.58. The van der Waals surface area contributed by atoms with E-state index in [1.54, 1.807) is 0 Å². The summed E-state index contributed by atoms with van der Waals surface area (Å²) in [4.78, 5) is 7.03. The highest BCUT2D eigenvalue weighted by molar-refractivity contribution is 5.80. The molecule has 1 aliphatic rings. The fourth-order valence-corrected chi connectivity index (χ4v) is 3.33. The summed E-state index contributed by atoms with van der Waals surface area (Å²) < 4.78 is 2.28. The minimum absolute atomic E-state index is 0.582. The average Bonchev–Trinajstić information content (AvgIpc) is 2.85. The summed E-state index contributed by atoms with van der Waals surface area (Å²) >= 11 is 0. The van der Waals surface area contributed by atoms with Crippen LogP contribution in [0.4, 0.5) is 0 Å². The second-order valence-corrected chi connectivity index (χ2v) is 5.85. The van der Waals surface area contributed by atoms with Crippen LogP contribution in [-0.2, 0) is 13.1 Å². The number of hydrogen-bond acceptors (Lipinski definition) is 3. The predicted octanol–water partition coefficient (Wildman–Crippen LogP) is 2.37. The van der Waals surface area contributed by atoms with Crippen molar-refractivity contribution < 1.29 is 0 Å². The molecule has 0 bridgehead atoms. The van der Waals surface area contributed by atoms with E-state index in [4.69, 9.17) is 5.73 Å². The fourth-order valence-electron chi connectivity index (χ4n) is 3.33. The minimum atomic E-state index is 0.582. The van der Waals surface area contributed by atoms with Gasteiger partial charge in [-0.1, -0.05) is 6.42 Å². The Bertz CT molecular complexity index is 575. The smallest absolute Gasteiger partial charge is 0.140 e. The van der Waals surface area contributed by atoms with Crippen LogP contribution >= 0.6 is 0 Å². The molecule has 20 heavy (non-hydrogen) atoms. The van der Waals surface area contributed by atoms with Crippen LogP contribution in [-0.4, -0.2) is 34.1 Å². The Labute approximate surface area is 120 Å². The maximum atomic E-state index is 5.84. The summed E-state index contributed by atoms with van der Waals surface area (Å²) in [6, 6.07) is 4.82. The molecule has 0 amide bonds. The number of pyridine rings is 1. The first kappa shape index (κ1) is 13.6. The molecule has 2 aromatic heterocycles. The van der Waals surface area contributed by atoms with Gasteiger partial charge in [0.2, 0.25) is 0 Å². The standard InChI is InChI=1S/C16H24N4/c1-19-9-3-2-5-14(19)7-10-20-12-13(11-17)15-6-4-8-18-16(15)20/h4,6,8,12,14H,2-3,5,7,9-11,17H2,1H3. The summed E-state index contributed by atoms with van der Waals surface area (Å²) in [5.74, 6) is 0. The van der Waals surface area contributed by atoms with Gasteiger partial charge in [0.1, 0.15) is 5.65 Å². The number of fused-ring (bicyclic) bond motifs is 1. The molecule has 3 rings (SSSR count). The van der Waals surface area contributed by atoms with Crippen molar-refractivity contribution in [1.82, 2.24) is 14.5 Å². The number of rotatable bonds is 4. The van der Waals surface area contributed by atoms with Gasteiger partial charge >= 0.3 is 0 Å². The van der Waals surface area contributed by atoms with Crippen LogP contribution < -0.4 is 5.73 Å². The van der Waals surface area contributed by atoms with Gasteiger partial charge in [-0.3, -0.25) is 0 Å². The van der Waals surface area contributed by atoms with E-state index in [1.165, 1.54) is 43.2 Å². The molecule has 108 valence electrons. The normalized spacial score (nSPS) is 20.6. The van der Waals surface area contributed by atoms with E-state index < -0.39 is 0 Å². The van der Waals surface area contributed by atoms with Gasteiger partial charge in [-0.25, -0.2) is 4.98 Å². The van der Waals surface area contributed by atoms with Crippen molar-refractivity contribution in [3.63, 3.8) is 0 Å². The van der Waals surface area contributed by atoms with Crippen LogP contribution in [0.2, 0.25) is 0 Å². The van der Waals surface area contributed by atoms with E-state index in [-0.39, 0.29) is 0 Å². The Kier molecular flexibility index (Phi) is 4.03. The molecule has 4 heteroatoms. The number of likely N-dealkylation sites (tertiary alicyclic amines) is 1. The summed E-state index contributed by atoms with van der Waals surface area (Å²) in [5, 5.41) is 1.20. The zero-order chi connectivity index (χ0) is 13.9. The van der Waals surface area contributed by atoms with Crippen molar-refractivity contribution in [2.75, 3.05) is 13.6 Å². The first-order valence-corrected chi connectivity index (χ1v) is 7.62. The molecule has 1 atom stereocenters. The molecule has 0 aromatic carbocycles. The number of piperidine rings is 1. The van der Waals surface area contributed by atoms with Crippen molar-refractivity contribution in [2.24, 2.45) is 5.73 Å². The lowest BCUT2D eigenvalue weighted by Gasteiger charge is -2.32. The minimum Gasteiger partial charge on any atom is -0.332 e. The molecular weight excluding hydrogens is 248 g/mol. The van der Waals surface area contributed by atoms with Gasteiger partial charge in [-0.2, -0.15) is 0 Å². The van der Waals surface area contributed by atoms with Crippen molar-refractivity contribution >= 4 is 11.0 Å². The third-order valence-electron chi connectivity index (χ3n) is 4.56. The molecule has 3 heterocycles. The van der Waals surface area contributed by atoms with E-state index in [2.05, 4.69) is 33.8 Å². The summed E-state index contributed by atoms with van der Waals surface area (Å²) in [6.07, 6.45) is 9.28. The van der Waals surface area contributed by atoms with E-state index in [0.29, 0.717) is 12.6 Å². The van der Waals surface area contributed by atoms with Gasteiger partial charge in [0.15, 0.2) is 0 Å². The molecule has 4 nitrogen and oxygen atoms in total. The van der Waals surface area contributed by atoms with Crippen molar-refractivity contribution in [2.45, 2.75) is 44.8 Å². The topological polar surface area (TPSA) is 47.1 Å². The molecule has 1 aliphatic heterocycles. The molecule has 1 fully saturated rings. The zero-order valence-corrected chi connectivity index (χ0v) is 12.3. The Morgan fingerprint density at radius 3 is 3.10 bits per heavy atom. The fraction of sp³-hybridized carbons (Fsp3) is 0.562. The molecule has 2 N–H and O–H groups in total. The number of hydrogen-bond donors (Lipinski definition) is 1. The lowest BCUT2D eigenvalue weighted by molar-refractivity contribution is 0.171. The second-order valence-electron chi connectivity index (χ2n) is 5.85. The van der Waals surface area contributed by atoms with Crippen molar-refractivity contribution in [3.8, 4) is 0 Å². The van der Waals surface area contributed by atoms with Gasteiger partial charge < -0.3 is 15.2 Å². The van der Waals surface area contributed by atoms with Crippen molar-refractivity contribution in [3.05, 3.63) is 30.1 Å². The van der Waals surface area contributed by atoms with Gasteiger partial charge in [0, 0.05) is 36.9 Å². The molecular formula is C16H24N4. The lowest BCUT2D eigenvalue weighted by atomic mass is 10.0. The highest BCUT2D eigenvalue weighted by Gasteiger charge is 2.19. The second kappa shape index (κ2) is 5.94. The van der Waals surface area contributed by atoms with Crippen LogP contribution in [0.5, 0.6) is 0 Å². The summed E-state index contributed by atoms with van der Waals surface area (Å²) in [6.45, 7) is 2.85. The van der Waals surface area contributed by atoms with E-state index in [0.717, 1.165) is 12.2 Å². The van der Waals surface area contributed by atoms with Crippen molar-refractivity contribution in [1.29, 1.82) is 0 Å². The SMILES string of the molecule is CN1CCCCC1CCn1cc(CN)c2cccnc21. The molecule has 0 saturated carbocycles. The van der Waals surface area contributed by atoms with E-state index >= 15 is 0 Å². The maximum Gasteiger partial charge on any atom is 0.140 e. The third-order valence-corrected chi connectivity index (χ3v) is 4.56. The van der Waals surface area contributed by atoms with E-state index in [1.807, 2.05) is 12.3 Å². The number of nitrogens with two attached hydrogens (primary N) is 1. The Hall–Kier alpha value is -1.39. The maximum absolute atomic E-state index is 5.84. The van der Waals surface area contributed by atoms with Gasteiger partial charge in [0.05, 0.1) is 0 Å². The largest absolute Gasteiger partial charge is 0.332 e. The van der Waals surface area contributed by atoms with Gasteiger partial charge in [-0.15, -0.1) is 0 Å². The van der Waals surface area contributed by atoms with E-state index in [9.17, 15) is 0 Å². The molecule has 2 aromatic rings. The summed E-state index contributed by atoms with van der Waals surface area (Å²) in [7, 11) is 2.25. The molecule has 1 saturated heterocycles. The first-order chi connectivity index (χ1) is 9.79. The first-order valence-electron chi connectivity index (χ1n) is 7.62. The highest BCUT2D eigenvalue weighted by atomic mass is 15.1. The number of nitrogens with zero attached hydrogens (tertiary/aromatic N) is 3. The van der Waals surface area contributed by atoms with Crippen LogP contribution in [0.1, 0.15) is 31.2 Å². The molecule has 1 unspecified atom stereocenters. The monoisotopic (exact) mass is 272 g/mol. The Balaban J connectivity index is 1.77. The lowest BCUT2D eigenvalue weighted by Crippen LogP contribution is -2.36. The molecule has 0 radical (unpaired) electrons. The van der Waals surface area contributed by atoms with Crippen LogP contribution in [0.3, 0.4) is 0 Å². The Morgan fingerprint density at radius 2 is 2.30 bits per heavy atom. The van der Waals surface area contributed by atoms with Crippen LogP contribution in [0, 0.1) is 0 Å². The summed E-state index contributed by atoms with van der Waals surface area (Å²) in [5.41, 5.74) is 8.12. The predicted molar refractivity (Wildman–Crippen MR) is 82.5 cm³/mol. The number of aryl methyl sites for hydroxylation is 1. The van der Waals surface area contributed by atoms with Gasteiger partial charge in [0.25, 0.3) is 0 Å². The van der Waals surface area contributed by atoms with Crippen LogP contribution in [0.25, 0.3) is 11.0 Å². The quantitative estimate of drug-likeness (QED) is 0.929.